The van der Waals surface area contributed by atoms with Crippen molar-refractivity contribution in [1.29, 1.82) is 0 Å². The Morgan fingerprint density at radius 2 is 2.13 bits per heavy atom. The van der Waals surface area contributed by atoms with Crippen molar-refractivity contribution in [2.45, 2.75) is 26.8 Å². The standard InChI is InChI=1S/C10H16N4S/c1-6(2)7(3)13-10-8(9(11)15)4-5-12-14-10/h4-7H,1-3H3,(H2,11,15)(H,13,14). The number of nitrogens with one attached hydrogen (secondary N) is 1. The number of nitrogens with two attached hydrogens (primary N) is 1. The minimum atomic E-state index is 0.301. The van der Waals surface area contributed by atoms with E-state index >= 15 is 0 Å². The third-order valence-electron chi connectivity index (χ3n) is 2.35. The maximum Gasteiger partial charge on any atom is 0.159 e. The van der Waals surface area contributed by atoms with E-state index in [4.69, 9.17) is 18.0 Å². The average molecular weight is 224 g/mol. The van der Waals surface area contributed by atoms with Crippen LogP contribution in [-0.2, 0) is 0 Å². The van der Waals surface area contributed by atoms with Crippen molar-refractivity contribution in [2.24, 2.45) is 11.7 Å². The summed E-state index contributed by atoms with van der Waals surface area (Å²) in [5.74, 6) is 1.16. The average Bonchev–Trinajstić information content (AvgIpc) is 2.18. The van der Waals surface area contributed by atoms with Gasteiger partial charge in [-0.15, -0.1) is 5.10 Å². The lowest BCUT2D eigenvalue weighted by molar-refractivity contribution is 0.557. The number of rotatable bonds is 4. The molecule has 0 saturated carbocycles. The van der Waals surface area contributed by atoms with Crippen molar-refractivity contribution in [2.75, 3.05) is 5.32 Å². The van der Waals surface area contributed by atoms with E-state index in [0.717, 1.165) is 5.56 Å². The first-order valence-corrected chi connectivity index (χ1v) is 5.31. The highest BCUT2D eigenvalue weighted by Gasteiger charge is 2.11. The van der Waals surface area contributed by atoms with E-state index in [2.05, 4.69) is 36.3 Å². The first-order chi connectivity index (χ1) is 7.02. The van der Waals surface area contributed by atoms with Crippen LogP contribution in [0.2, 0.25) is 0 Å². The second-order valence-electron chi connectivity index (χ2n) is 3.83. The van der Waals surface area contributed by atoms with Gasteiger partial charge in [0.25, 0.3) is 0 Å². The first kappa shape index (κ1) is 11.8. The summed E-state index contributed by atoms with van der Waals surface area (Å²) in [5, 5.41) is 11.1. The van der Waals surface area contributed by atoms with Crippen LogP contribution in [-0.4, -0.2) is 21.2 Å². The molecule has 0 aliphatic carbocycles. The first-order valence-electron chi connectivity index (χ1n) is 4.90. The Labute approximate surface area is 95.3 Å². The van der Waals surface area contributed by atoms with Crippen molar-refractivity contribution >= 4 is 23.0 Å². The second-order valence-corrected chi connectivity index (χ2v) is 4.27. The number of thiocarbonyl (C=S) groups is 1. The summed E-state index contributed by atoms with van der Waals surface area (Å²) in [4.78, 5) is 0.336. The third-order valence-corrected chi connectivity index (χ3v) is 2.57. The molecule has 1 aromatic rings. The van der Waals surface area contributed by atoms with Crippen LogP contribution in [0.3, 0.4) is 0 Å². The number of nitrogens with zero attached hydrogens (tertiary/aromatic N) is 2. The fraction of sp³-hybridized carbons (Fsp3) is 0.500. The molecule has 0 fully saturated rings. The van der Waals surface area contributed by atoms with Gasteiger partial charge < -0.3 is 11.1 Å². The van der Waals surface area contributed by atoms with Crippen LogP contribution >= 0.6 is 12.2 Å². The SMILES string of the molecule is CC(C)C(C)Nc1nnccc1C(N)=S. The Bertz CT molecular complexity index is 351. The van der Waals surface area contributed by atoms with E-state index in [1.165, 1.54) is 0 Å². The van der Waals surface area contributed by atoms with Gasteiger partial charge in [-0.25, -0.2) is 0 Å². The maximum absolute atomic E-state index is 5.59. The topological polar surface area (TPSA) is 63.8 Å². The molecule has 15 heavy (non-hydrogen) atoms. The maximum atomic E-state index is 5.59. The monoisotopic (exact) mass is 224 g/mol. The van der Waals surface area contributed by atoms with E-state index < -0.39 is 0 Å². The van der Waals surface area contributed by atoms with Gasteiger partial charge in [0.1, 0.15) is 4.99 Å². The highest BCUT2D eigenvalue weighted by atomic mass is 32.1. The van der Waals surface area contributed by atoms with Crippen molar-refractivity contribution in [3.05, 3.63) is 17.8 Å². The molecule has 1 rings (SSSR count). The van der Waals surface area contributed by atoms with Crippen LogP contribution in [0.15, 0.2) is 12.3 Å². The van der Waals surface area contributed by atoms with Crippen LogP contribution in [0.4, 0.5) is 5.82 Å². The molecule has 0 spiro atoms. The smallest absolute Gasteiger partial charge is 0.159 e. The molecule has 0 aliphatic rings. The number of hydrogen-bond acceptors (Lipinski definition) is 4. The van der Waals surface area contributed by atoms with Crippen LogP contribution in [0.25, 0.3) is 0 Å². The zero-order chi connectivity index (χ0) is 11.4. The van der Waals surface area contributed by atoms with Gasteiger partial charge in [0, 0.05) is 6.04 Å². The molecule has 5 heteroatoms. The minimum Gasteiger partial charge on any atom is -0.389 e. The molecule has 1 atom stereocenters. The van der Waals surface area contributed by atoms with E-state index in [9.17, 15) is 0 Å². The summed E-state index contributed by atoms with van der Waals surface area (Å²) in [6.45, 7) is 6.35. The molecule has 0 aromatic carbocycles. The number of aromatic nitrogens is 2. The molecule has 82 valence electrons. The van der Waals surface area contributed by atoms with Crippen LogP contribution in [0.1, 0.15) is 26.3 Å². The van der Waals surface area contributed by atoms with Crippen LogP contribution in [0, 0.1) is 5.92 Å². The van der Waals surface area contributed by atoms with Crippen molar-refractivity contribution in [3.8, 4) is 0 Å². The molecule has 4 nitrogen and oxygen atoms in total. The molecule has 1 unspecified atom stereocenters. The Morgan fingerprint density at radius 1 is 1.47 bits per heavy atom. The lowest BCUT2D eigenvalue weighted by Crippen LogP contribution is -2.25. The van der Waals surface area contributed by atoms with Crippen molar-refractivity contribution in [1.82, 2.24) is 10.2 Å². The number of anilines is 1. The summed E-state index contributed by atoms with van der Waals surface area (Å²) >= 11 is 4.94. The van der Waals surface area contributed by atoms with Gasteiger partial charge >= 0.3 is 0 Å². The third kappa shape index (κ3) is 3.13. The fourth-order valence-corrected chi connectivity index (χ4v) is 1.18. The van der Waals surface area contributed by atoms with E-state index in [1.807, 2.05) is 0 Å². The summed E-state index contributed by atoms with van der Waals surface area (Å²) in [5.41, 5.74) is 6.33. The van der Waals surface area contributed by atoms with Gasteiger partial charge in [0.2, 0.25) is 0 Å². The minimum absolute atomic E-state index is 0.301. The fourth-order valence-electron chi connectivity index (χ4n) is 1.02. The van der Waals surface area contributed by atoms with Gasteiger partial charge in [-0.2, -0.15) is 5.10 Å². The van der Waals surface area contributed by atoms with E-state index in [-0.39, 0.29) is 0 Å². The zero-order valence-corrected chi connectivity index (χ0v) is 10.0. The molecule has 0 aliphatic heterocycles. The molecular weight excluding hydrogens is 208 g/mol. The zero-order valence-electron chi connectivity index (χ0n) is 9.19. The lowest BCUT2D eigenvalue weighted by Gasteiger charge is -2.19. The predicted octanol–water partition coefficient (Wildman–Crippen LogP) is 1.57. The highest BCUT2D eigenvalue weighted by molar-refractivity contribution is 7.80. The molecule has 0 saturated heterocycles. The normalized spacial score (nSPS) is 12.5. The molecule has 1 aromatic heterocycles. The van der Waals surface area contributed by atoms with Gasteiger partial charge in [0.15, 0.2) is 5.82 Å². The Balaban J connectivity index is 2.89. The Morgan fingerprint density at radius 3 is 2.67 bits per heavy atom. The van der Waals surface area contributed by atoms with E-state index in [0.29, 0.717) is 22.8 Å². The van der Waals surface area contributed by atoms with Gasteiger partial charge in [0.05, 0.1) is 11.8 Å². The van der Waals surface area contributed by atoms with Crippen molar-refractivity contribution < 1.29 is 0 Å². The Hall–Kier alpha value is -1.23. The molecule has 3 N–H and O–H groups in total. The molecule has 1 heterocycles. The molecule has 0 radical (unpaired) electrons. The summed E-state index contributed by atoms with van der Waals surface area (Å²) in [7, 11) is 0. The largest absolute Gasteiger partial charge is 0.389 e. The van der Waals surface area contributed by atoms with E-state index in [1.54, 1.807) is 12.3 Å². The lowest BCUT2D eigenvalue weighted by atomic mass is 10.1. The quantitative estimate of drug-likeness (QED) is 0.760. The van der Waals surface area contributed by atoms with Gasteiger partial charge in [-0.1, -0.05) is 26.1 Å². The van der Waals surface area contributed by atoms with Crippen LogP contribution < -0.4 is 11.1 Å². The van der Waals surface area contributed by atoms with Crippen molar-refractivity contribution in [3.63, 3.8) is 0 Å². The highest BCUT2D eigenvalue weighted by Crippen LogP contribution is 2.14. The predicted molar refractivity (Wildman–Crippen MR) is 65.8 cm³/mol. The second kappa shape index (κ2) is 5.02. The summed E-state index contributed by atoms with van der Waals surface area (Å²) in [6, 6.07) is 2.07. The van der Waals surface area contributed by atoms with Gasteiger partial charge in [-0.05, 0) is 18.9 Å². The summed E-state index contributed by atoms with van der Waals surface area (Å²) in [6.07, 6.45) is 1.58. The molecule has 0 bridgehead atoms. The summed E-state index contributed by atoms with van der Waals surface area (Å²) < 4.78 is 0. The van der Waals surface area contributed by atoms with Gasteiger partial charge in [-0.3, -0.25) is 0 Å². The molecular formula is C10H16N4S. The number of hydrogen-bond donors (Lipinski definition) is 2. The Kier molecular flexibility index (Phi) is 3.96. The van der Waals surface area contributed by atoms with Crippen LogP contribution in [0.5, 0.6) is 0 Å². The molecule has 0 amide bonds.